The molecule has 1 fully saturated rings. The lowest BCUT2D eigenvalue weighted by molar-refractivity contribution is 0.0231. The number of anilines is 1. The van der Waals surface area contributed by atoms with Crippen LogP contribution in [0.5, 0.6) is 0 Å². The van der Waals surface area contributed by atoms with Gasteiger partial charge < -0.3 is 15.0 Å². The van der Waals surface area contributed by atoms with Gasteiger partial charge in [-0.3, -0.25) is 0 Å². The third kappa shape index (κ3) is 3.39. The van der Waals surface area contributed by atoms with Crippen molar-refractivity contribution in [1.29, 1.82) is 0 Å². The first-order valence-electron chi connectivity index (χ1n) is 8.52. The van der Waals surface area contributed by atoms with Crippen molar-refractivity contribution < 1.29 is 9.53 Å². The summed E-state index contributed by atoms with van der Waals surface area (Å²) in [6.07, 6.45) is 2.67. The summed E-state index contributed by atoms with van der Waals surface area (Å²) in [4.78, 5) is 19.0. The van der Waals surface area contributed by atoms with Gasteiger partial charge in [0.2, 0.25) is 0 Å². The zero-order valence-corrected chi connectivity index (χ0v) is 16.7. The number of ether oxygens (including phenoxy) is 1. The first-order valence-corrected chi connectivity index (χ1v) is 9.32. The van der Waals surface area contributed by atoms with Crippen molar-refractivity contribution in [3.05, 3.63) is 21.8 Å². The number of hydrogen-bond donors (Lipinski definition) is 1. The summed E-state index contributed by atoms with van der Waals surface area (Å²) < 4.78 is 6.62. The molecule has 0 bridgehead atoms. The molecule has 0 aliphatic carbocycles. The van der Waals surface area contributed by atoms with Crippen LogP contribution in [0.3, 0.4) is 0 Å². The lowest BCUT2D eigenvalue weighted by Crippen LogP contribution is -2.46. The number of fused-ring (bicyclic) bond motifs is 1. The van der Waals surface area contributed by atoms with Gasteiger partial charge in [0.25, 0.3) is 0 Å². The van der Waals surface area contributed by atoms with Crippen molar-refractivity contribution >= 4 is 27.8 Å². The average molecular weight is 396 g/mol. The van der Waals surface area contributed by atoms with Crippen LogP contribution in [0.1, 0.15) is 51.8 Å². The minimum atomic E-state index is -0.468. The maximum absolute atomic E-state index is 12.5. The van der Waals surface area contributed by atoms with Gasteiger partial charge in [0, 0.05) is 17.1 Å². The molecule has 3 heterocycles. The number of carbonyl (C=O) groups excluding carboxylic acids is 1. The molecule has 0 aromatic carbocycles. The molecule has 2 atom stereocenters. The van der Waals surface area contributed by atoms with Gasteiger partial charge in [0.1, 0.15) is 11.4 Å². The molecule has 3 rings (SSSR count). The highest BCUT2D eigenvalue weighted by molar-refractivity contribution is 9.10. The molecule has 2 aliphatic rings. The average Bonchev–Trinajstić information content (AvgIpc) is 2.76. The summed E-state index contributed by atoms with van der Waals surface area (Å²) in [6.45, 7) is 10.5. The van der Waals surface area contributed by atoms with E-state index in [2.05, 4.69) is 34.2 Å². The smallest absolute Gasteiger partial charge is 0.410 e. The fraction of sp³-hybridized carbons (Fsp3) is 0.667. The van der Waals surface area contributed by atoms with Gasteiger partial charge in [0.05, 0.1) is 11.2 Å². The molecule has 1 spiro atoms. The number of rotatable bonds is 0. The minimum absolute atomic E-state index is 0.101. The molecule has 6 heteroatoms. The van der Waals surface area contributed by atoms with E-state index in [4.69, 9.17) is 9.72 Å². The van der Waals surface area contributed by atoms with Crippen LogP contribution >= 0.6 is 15.9 Å². The van der Waals surface area contributed by atoms with Crippen LogP contribution in [-0.2, 0) is 11.2 Å². The van der Waals surface area contributed by atoms with E-state index < -0.39 is 5.60 Å². The molecule has 1 aromatic rings. The fourth-order valence-corrected chi connectivity index (χ4v) is 4.03. The van der Waals surface area contributed by atoms with Crippen molar-refractivity contribution in [1.82, 2.24) is 9.88 Å². The van der Waals surface area contributed by atoms with Gasteiger partial charge >= 0.3 is 6.09 Å². The standard InChI is InChI=1S/C18H26BrN3O2/c1-11-9-18(10-22(11)16(23)24-17(3,4)5)7-6-13-8-14(19)12(2)20-15(13)21-18/h8,11H,6-7,9-10H2,1-5H3,(H,20,21)/t11-,18-/m0/s1. The lowest BCUT2D eigenvalue weighted by atomic mass is 9.85. The molecule has 0 radical (unpaired) electrons. The highest BCUT2D eigenvalue weighted by atomic mass is 79.9. The number of likely N-dealkylation sites (tertiary alicyclic amines) is 1. The molecular weight excluding hydrogens is 370 g/mol. The van der Waals surface area contributed by atoms with Crippen LogP contribution in [0.15, 0.2) is 10.5 Å². The summed E-state index contributed by atoms with van der Waals surface area (Å²) in [5.41, 5.74) is 1.65. The molecule has 1 N–H and O–H groups in total. The van der Waals surface area contributed by atoms with E-state index in [1.807, 2.05) is 32.6 Å². The highest BCUT2D eigenvalue weighted by Crippen LogP contribution is 2.40. The summed E-state index contributed by atoms with van der Waals surface area (Å²) >= 11 is 3.56. The number of nitrogens with zero attached hydrogens (tertiary/aromatic N) is 2. The molecule has 0 saturated carbocycles. The molecule has 132 valence electrons. The van der Waals surface area contributed by atoms with Gasteiger partial charge in [-0.05, 0) is 81.4 Å². The van der Waals surface area contributed by atoms with Crippen LogP contribution in [0, 0.1) is 6.92 Å². The Kier molecular flexibility index (Phi) is 4.31. The maximum atomic E-state index is 12.5. The summed E-state index contributed by atoms with van der Waals surface area (Å²) in [5.74, 6) is 0.959. The number of amides is 1. The largest absolute Gasteiger partial charge is 0.444 e. The Labute approximate surface area is 152 Å². The lowest BCUT2D eigenvalue weighted by Gasteiger charge is -2.36. The van der Waals surface area contributed by atoms with E-state index in [-0.39, 0.29) is 17.7 Å². The molecule has 5 nitrogen and oxygen atoms in total. The third-order valence-electron chi connectivity index (χ3n) is 4.81. The number of aromatic nitrogens is 1. The van der Waals surface area contributed by atoms with Crippen molar-refractivity contribution in [2.45, 2.75) is 71.1 Å². The molecule has 0 unspecified atom stereocenters. The number of pyridine rings is 1. The van der Waals surface area contributed by atoms with Crippen LogP contribution in [0.4, 0.5) is 10.6 Å². The van der Waals surface area contributed by atoms with Crippen molar-refractivity contribution in [3.63, 3.8) is 0 Å². The molecule has 1 saturated heterocycles. The van der Waals surface area contributed by atoms with Crippen LogP contribution in [0.2, 0.25) is 0 Å². The first kappa shape index (κ1) is 17.5. The number of aryl methyl sites for hydroxylation is 2. The van der Waals surface area contributed by atoms with E-state index in [0.717, 1.165) is 35.2 Å². The van der Waals surface area contributed by atoms with Gasteiger partial charge in [-0.2, -0.15) is 0 Å². The van der Waals surface area contributed by atoms with E-state index in [9.17, 15) is 4.79 Å². The number of halogens is 1. The second-order valence-electron chi connectivity index (χ2n) is 8.13. The SMILES string of the molecule is Cc1nc2c(cc1Br)CC[C@@]1(C[C@H](C)N(C(=O)OC(C)(C)C)C1)N2. The van der Waals surface area contributed by atoms with E-state index >= 15 is 0 Å². The third-order valence-corrected chi connectivity index (χ3v) is 5.61. The Morgan fingerprint density at radius 3 is 2.88 bits per heavy atom. The van der Waals surface area contributed by atoms with Gasteiger partial charge in [-0.25, -0.2) is 9.78 Å². The Morgan fingerprint density at radius 2 is 2.21 bits per heavy atom. The van der Waals surface area contributed by atoms with E-state index in [1.54, 1.807) is 0 Å². The van der Waals surface area contributed by atoms with Crippen LogP contribution in [-0.4, -0.2) is 39.7 Å². The Bertz CT molecular complexity index is 671. The van der Waals surface area contributed by atoms with Crippen molar-refractivity contribution in [3.8, 4) is 0 Å². The normalized spacial score (nSPS) is 26.2. The second kappa shape index (κ2) is 5.90. The summed E-state index contributed by atoms with van der Waals surface area (Å²) in [6, 6.07) is 2.31. The van der Waals surface area contributed by atoms with Crippen molar-refractivity contribution in [2.24, 2.45) is 0 Å². The molecule has 1 aromatic heterocycles. The fourth-order valence-electron chi connectivity index (χ4n) is 3.66. The number of hydrogen-bond acceptors (Lipinski definition) is 4. The van der Waals surface area contributed by atoms with Gasteiger partial charge in [-0.1, -0.05) is 0 Å². The number of nitrogens with one attached hydrogen (secondary N) is 1. The van der Waals surface area contributed by atoms with Crippen LogP contribution in [0.25, 0.3) is 0 Å². The Morgan fingerprint density at radius 1 is 1.50 bits per heavy atom. The topological polar surface area (TPSA) is 54.5 Å². The summed E-state index contributed by atoms with van der Waals surface area (Å²) in [7, 11) is 0. The van der Waals surface area contributed by atoms with E-state index in [1.165, 1.54) is 5.56 Å². The van der Waals surface area contributed by atoms with E-state index in [0.29, 0.717) is 6.54 Å². The first-order chi connectivity index (χ1) is 11.1. The quantitative estimate of drug-likeness (QED) is 0.711. The summed E-state index contributed by atoms with van der Waals surface area (Å²) in [5, 5.41) is 3.64. The van der Waals surface area contributed by atoms with Crippen molar-refractivity contribution in [2.75, 3.05) is 11.9 Å². The second-order valence-corrected chi connectivity index (χ2v) is 8.98. The van der Waals surface area contributed by atoms with Gasteiger partial charge in [0.15, 0.2) is 0 Å². The predicted molar refractivity (Wildman–Crippen MR) is 98.4 cm³/mol. The molecular formula is C18H26BrN3O2. The van der Waals surface area contributed by atoms with Crippen LogP contribution < -0.4 is 5.32 Å². The number of carbonyl (C=O) groups is 1. The Hall–Kier alpha value is -1.30. The zero-order chi connectivity index (χ0) is 17.7. The predicted octanol–water partition coefficient (Wildman–Crippen LogP) is 4.28. The highest BCUT2D eigenvalue weighted by Gasteiger charge is 2.47. The molecule has 2 aliphatic heterocycles. The minimum Gasteiger partial charge on any atom is -0.444 e. The molecule has 1 amide bonds. The maximum Gasteiger partial charge on any atom is 0.410 e. The van der Waals surface area contributed by atoms with Gasteiger partial charge in [-0.15, -0.1) is 0 Å². The zero-order valence-electron chi connectivity index (χ0n) is 15.1. The monoisotopic (exact) mass is 395 g/mol. The Balaban J connectivity index is 1.78. The molecule has 24 heavy (non-hydrogen) atoms.